The molecular weight excluding hydrogens is 604 g/mol. The number of aliphatic hydroxyl groups excluding tert-OH is 1. The first-order chi connectivity index (χ1) is 22.4. The number of nitrogens with one attached hydrogen (secondary N) is 2. The van der Waals surface area contributed by atoms with Gasteiger partial charge in [0.25, 0.3) is 5.91 Å². The van der Waals surface area contributed by atoms with Crippen LogP contribution in [0.3, 0.4) is 0 Å². The van der Waals surface area contributed by atoms with Crippen molar-refractivity contribution in [1.29, 1.82) is 0 Å². The number of hydrogen-bond donors (Lipinski definition) is 4. The molecule has 10 nitrogen and oxygen atoms in total. The van der Waals surface area contributed by atoms with Crippen LogP contribution >= 0.6 is 11.3 Å². The number of phenols is 1. The number of rotatable bonds is 14. The van der Waals surface area contributed by atoms with Crippen molar-refractivity contribution < 1.29 is 24.2 Å². The van der Waals surface area contributed by atoms with E-state index in [0.29, 0.717) is 47.6 Å². The van der Waals surface area contributed by atoms with Gasteiger partial charge in [0.2, 0.25) is 0 Å². The monoisotopic (exact) mass is 650 g/mol. The van der Waals surface area contributed by atoms with Gasteiger partial charge in [-0.2, -0.15) is 0 Å². The predicted octanol–water partition coefficient (Wildman–Crippen LogP) is 5.40. The third kappa shape index (κ3) is 7.83. The van der Waals surface area contributed by atoms with Gasteiger partial charge in [0.05, 0.1) is 35.8 Å². The van der Waals surface area contributed by atoms with Crippen LogP contribution in [0.2, 0.25) is 0 Å². The van der Waals surface area contributed by atoms with Crippen molar-refractivity contribution in [3.05, 3.63) is 63.5 Å². The summed E-state index contributed by atoms with van der Waals surface area (Å²) in [4.78, 5) is 31.9. The van der Waals surface area contributed by atoms with Crippen molar-refractivity contribution >= 4 is 38.4 Å². The minimum Gasteiger partial charge on any atom is -0.506 e. The summed E-state index contributed by atoms with van der Waals surface area (Å²) in [6, 6.07) is 10.8. The quantitative estimate of drug-likeness (QED) is 0.134. The van der Waals surface area contributed by atoms with Crippen molar-refractivity contribution in [2.24, 2.45) is 0 Å². The SMILES string of the molecule is O=C(c1ccc2occc2c1)N1CCOC2(CCN(CCCCCCCCCNCC(O)c3ccc(O)c4[nH]c(=O)sc34)CC2)C1. The number of amides is 1. The maximum atomic E-state index is 13.3. The number of likely N-dealkylation sites (tertiary alicyclic amines) is 1. The van der Waals surface area contributed by atoms with E-state index in [2.05, 4.69) is 15.2 Å². The Kier molecular flexibility index (Phi) is 10.8. The van der Waals surface area contributed by atoms with Gasteiger partial charge in [0.1, 0.15) is 16.8 Å². The standard InChI is InChI=1S/C35H46N4O6S/c40-28-10-9-27(32-31(28)37-34(43)46-32)29(41)23-36-15-6-4-2-1-3-5-7-16-38-17-13-35(14-18-38)24-39(19-21-45-35)33(42)26-8-11-30-25(22-26)12-20-44-30/h8-12,20,22,29,36,40-41H,1-7,13-19,21,23-24H2,(H,37,43). The van der Waals surface area contributed by atoms with Gasteiger partial charge in [-0.15, -0.1) is 0 Å². The Morgan fingerprint density at radius 1 is 1.02 bits per heavy atom. The average molecular weight is 651 g/mol. The number of aromatic amines is 1. The third-order valence-corrected chi connectivity index (χ3v) is 10.5. The number of aromatic nitrogens is 1. The summed E-state index contributed by atoms with van der Waals surface area (Å²) in [5.41, 5.74) is 2.34. The summed E-state index contributed by atoms with van der Waals surface area (Å²) in [5.74, 6) is 0.100. The maximum Gasteiger partial charge on any atom is 0.305 e. The summed E-state index contributed by atoms with van der Waals surface area (Å²) in [7, 11) is 0. The molecule has 46 heavy (non-hydrogen) atoms. The molecule has 2 aromatic heterocycles. The second-order valence-electron chi connectivity index (χ2n) is 12.9. The summed E-state index contributed by atoms with van der Waals surface area (Å²) in [5, 5.41) is 24.8. The number of fused-ring (bicyclic) bond motifs is 2. The average Bonchev–Trinajstić information content (AvgIpc) is 3.70. The Morgan fingerprint density at radius 3 is 2.63 bits per heavy atom. The van der Waals surface area contributed by atoms with E-state index < -0.39 is 6.10 Å². The van der Waals surface area contributed by atoms with Crippen molar-refractivity contribution in [2.75, 3.05) is 52.4 Å². The summed E-state index contributed by atoms with van der Waals surface area (Å²) >= 11 is 1.01. The molecule has 2 fully saturated rings. The van der Waals surface area contributed by atoms with Crippen LogP contribution in [-0.4, -0.2) is 88.9 Å². The van der Waals surface area contributed by atoms with Gasteiger partial charge >= 0.3 is 4.87 Å². The lowest BCUT2D eigenvalue weighted by atomic mass is 9.89. The normalized spacial score (nSPS) is 17.7. The number of morpholine rings is 1. The molecule has 2 aliphatic heterocycles. The Balaban J connectivity index is 0.804. The highest BCUT2D eigenvalue weighted by Crippen LogP contribution is 2.32. The van der Waals surface area contributed by atoms with E-state index in [1.165, 1.54) is 38.2 Å². The first-order valence-electron chi connectivity index (χ1n) is 16.8. The number of unbranched alkanes of at least 4 members (excludes halogenated alkanes) is 6. The van der Waals surface area contributed by atoms with Gasteiger partial charge in [-0.25, -0.2) is 0 Å². The highest BCUT2D eigenvalue weighted by atomic mass is 32.1. The fourth-order valence-corrected chi connectivity index (χ4v) is 7.83. The first kappa shape index (κ1) is 32.7. The molecule has 0 bridgehead atoms. The van der Waals surface area contributed by atoms with Crippen LogP contribution in [0.4, 0.5) is 0 Å². The summed E-state index contributed by atoms with van der Waals surface area (Å²) in [6.07, 6.45) is 11.3. The van der Waals surface area contributed by atoms with Crippen LogP contribution < -0.4 is 10.2 Å². The molecule has 2 saturated heterocycles. The Hall–Kier alpha value is -3.22. The number of H-pyrrole nitrogens is 1. The molecule has 6 rings (SSSR count). The highest BCUT2D eigenvalue weighted by Gasteiger charge is 2.41. The zero-order chi connectivity index (χ0) is 31.9. The van der Waals surface area contributed by atoms with E-state index in [1.807, 2.05) is 29.2 Å². The van der Waals surface area contributed by atoms with Crippen LogP contribution in [0.25, 0.3) is 21.2 Å². The molecule has 1 atom stereocenters. The molecule has 2 aromatic carbocycles. The summed E-state index contributed by atoms with van der Waals surface area (Å²) < 4.78 is 12.4. The van der Waals surface area contributed by atoms with Gasteiger partial charge in [-0.3, -0.25) is 9.59 Å². The van der Waals surface area contributed by atoms with E-state index in [9.17, 15) is 19.8 Å². The van der Waals surface area contributed by atoms with Gasteiger partial charge < -0.3 is 39.5 Å². The molecule has 248 valence electrons. The number of aliphatic hydroxyl groups is 1. The van der Waals surface area contributed by atoms with Gasteiger partial charge in [-0.1, -0.05) is 49.5 Å². The molecular formula is C35H46N4O6S. The van der Waals surface area contributed by atoms with Crippen molar-refractivity contribution in [2.45, 2.75) is 69.5 Å². The second-order valence-corrected chi connectivity index (χ2v) is 13.8. The van der Waals surface area contributed by atoms with Crippen molar-refractivity contribution in [1.82, 2.24) is 20.1 Å². The fourth-order valence-electron chi connectivity index (χ4n) is 6.91. The number of aromatic hydroxyl groups is 1. The van der Waals surface area contributed by atoms with Gasteiger partial charge in [0.15, 0.2) is 0 Å². The van der Waals surface area contributed by atoms with Crippen LogP contribution in [0, 0.1) is 0 Å². The first-order valence-corrected chi connectivity index (χ1v) is 17.6. The number of hydrogen-bond acceptors (Lipinski definition) is 9. The number of piperidine rings is 1. The van der Waals surface area contributed by atoms with Crippen LogP contribution in [-0.2, 0) is 4.74 Å². The van der Waals surface area contributed by atoms with E-state index in [0.717, 1.165) is 74.2 Å². The smallest absolute Gasteiger partial charge is 0.305 e. The lowest BCUT2D eigenvalue weighted by molar-refractivity contribution is -0.127. The minimum absolute atomic E-state index is 0.0233. The topological polar surface area (TPSA) is 131 Å². The van der Waals surface area contributed by atoms with Crippen molar-refractivity contribution in [3.8, 4) is 5.75 Å². The maximum absolute atomic E-state index is 13.3. The molecule has 1 unspecified atom stereocenters. The summed E-state index contributed by atoms with van der Waals surface area (Å²) in [6.45, 7) is 6.32. The number of carbonyl (C=O) groups is 1. The number of phenolic OH excluding ortho intramolecular Hbond substituents is 1. The minimum atomic E-state index is -0.733. The zero-order valence-corrected chi connectivity index (χ0v) is 27.3. The molecule has 1 amide bonds. The number of nitrogens with zero attached hydrogens (tertiary/aromatic N) is 2. The Bertz CT molecular complexity index is 1660. The lowest BCUT2D eigenvalue weighted by Crippen LogP contribution is -2.58. The molecule has 4 heterocycles. The molecule has 4 N–H and O–H groups in total. The lowest BCUT2D eigenvalue weighted by Gasteiger charge is -2.47. The molecule has 0 saturated carbocycles. The second kappa shape index (κ2) is 15.1. The molecule has 0 aliphatic carbocycles. The molecule has 2 aliphatic rings. The largest absolute Gasteiger partial charge is 0.506 e. The van der Waals surface area contributed by atoms with Crippen LogP contribution in [0.1, 0.15) is 79.8 Å². The van der Waals surface area contributed by atoms with Gasteiger partial charge in [-0.05, 0) is 69.1 Å². The highest BCUT2D eigenvalue weighted by molar-refractivity contribution is 7.16. The fraction of sp³-hybridized carbons (Fsp3) is 0.543. The molecule has 1 spiro atoms. The molecule has 0 radical (unpaired) electrons. The van der Waals surface area contributed by atoms with Crippen molar-refractivity contribution in [3.63, 3.8) is 0 Å². The Labute approximate surface area is 273 Å². The van der Waals surface area contributed by atoms with Crippen LogP contribution in [0.5, 0.6) is 5.75 Å². The van der Waals surface area contributed by atoms with Gasteiger partial charge in [0, 0.05) is 42.7 Å². The zero-order valence-electron chi connectivity index (χ0n) is 26.5. The predicted molar refractivity (Wildman–Crippen MR) is 181 cm³/mol. The van der Waals surface area contributed by atoms with E-state index >= 15 is 0 Å². The number of ether oxygens (including phenoxy) is 1. The number of thiazole rings is 1. The molecule has 4 aromatic rings. The molecule has 11 heteroatoms. The van der Waals surface area contributed by atoms with E-state index in [-0.39, 0.29) is 22.1 Å². The van der Waals surface area contributed by atoms with E-state index in [1.54, 1.807) is 12.3 Å². The number of carbonyl (C=O) groups excluding carboxylic acids is 1. The van der Waals surface area contributed by atoms with E-state index in [4.69, 9.17) is 9.15 Å². The number of furan rings is 1. The Morgan fingerprint density at radius 2 is 1.80 bits per heavy atom. The third-order valence-electron chi connectivity index (χ3n) is 9.61. The van der Waals surface area contributed by atoms with Crippen LogP contribution in [0.15, 0.2) is 51.9 Å². The number of benzene rings is 2.